The molecule has 2 heterocycles. The number of aromatic amines is 1. The van der Waals surface area contributed by atoms with Gasteiger partial charge in [-0.1, -0.05) is 67.4 Å². The Morgan fingerprint density at radius 3 is 2.69 bits per heavy atom. The Morgan fingerprint density at radius 1 is 1.21 bits per heavy atom. The van der Waals surface area contributed by atoms with E-state index >= 15 is 0 Å². The highest BCUT2D eigenvalue weighted by molar-refractivity contribution is 6.32. The van der Waals surface area contributed by atoms with Crippen LogP contribution >= 0.6 is 11.6 Å². The van der Waals surface area contributed by atoms with Gasteiger partial charge in [0.15, 0.2) is 5.82 Å². The van der Waals surface area contributed by atoms with E-state index in [4.69, 9.17) is 16.6 Å². The summed E-state index contributed by atoms with van der Waals surface area (Å²) in [4.78, 5) is 20.2. The number of anilines is 1. The third-order valence-corrected chi connectivity index (χ3v) is 5.45. The molecular formula is C21H21ClN6O. The molecule has 1 aliphatic rings. The van der Waals surface area contributed by atoms with Crippen LogP contribution in [-0.4, -0.2) is 38.3 Å². The summed E-state index contributed by atoms with van der Waals surface area (Å²) in [5, 5.41) is 14.7. The van der Waals surface area contributed by atoms with Gasteiger partial charge in [0.1, 0.15) is 6.04 Å². The Hall–Kier alpha value is -3.06. The van der Waals surface area contributed by atoms with Gasteiger partial charge in [0.25, 0.3) is 5.91 Å². The average molecular weight is 409 g/mol. The molecule has 0 fully saturated rings. The lowest BCUT2D eigenvalue weighted by molar-refractivity contribution is -0.120. The molecule has 8 heteroatoms. The van der Waals surface area contributed by atoms with Crippen molar-refractivity contribution in [3.8, 4) is 0 Å². The minimum absolute atomic E-state index is 0.0683. The number of carbonyl (C=O) groups is 1. The lowest BCUT2D eigenvalue weighted by atomic mass is 9.98. The Balaban J connectivity index is 1.92. The van der Waals surface area contributed by atoms with E-state index in [2.05, 4.69) is 27.5 Å². The van der Waals surface area contributed by atoms with Gasteiger partial charge in [0.05, 0.1) is 17.9 Å². The predicted molar refractivity (Wildman–Crippen MR) is 112 cm³/mol. The van der Waals surface area contributed by atoms with E-state index in [1.165, 1.54) is 0 Å². The molecule has 0 unspecified atom stereocenters. The van der Waals surface area contributed by atoms with Crippen molar-refractivity contribution in [3.63, 3.8) is 0 Å². The van der Waals surface area contributed by atoms with Crippen molar-refractivity contribution in [2.75, 3.05) is 4.90 Å². The first-order valence-electron chi connectivity index (χ1n) is 9.55. The van der Waals surface area contributed by atoms with Crippen LogP contribution in [0, 0.1) is 5.92 Å². The zero-order valence-corrected chi connectivity index (χ0v) is 17.0. The predicted octanol–water partition coefficient (Wildman–Crippen LogP) is 3.65. The number of rotatable bonds is 5. The second-order valence-corrected chi connectivity index (χ2v) is 7.52. The molecule has 0 saturated carbocycles. The number of hydrogen-bond acceptors (Lipinski definition) is 5. The number of carbonyl (C=O) groups excluding carboxylic acids is 1. The van der Waals surface area contributed by atoms with E-state index in [-0.39, 0.29) is 18.4 Å². The second kappa shape index (κ2) is 8.13. The van der Waals surface area contributed by atoms with Crippen molar-refractivity contribution in [1.82, 2.24) is 20.6 Å². The maximum Gasteiger partial charge on any atom is 0.252 e. The Morgan fingerprint density at radius 2 is 2.00 bits per heavy atom. The van der Waals surface area contributed by atoms with Gasteiger partial charge >= 0.3 is 0 Å². The van der Waals surface area contributed by atoms with Crippen LogP contribution in [0.1, 0.15) is 37.2 Å². The van der Waals surface area contributed by atoms with E-state index in [0.717, 1.165) is 28.9 Å². The molecule has 0 aliphatic carbocycles. The quantitative estimate of drug-likeness (QED) is 0.698. The first kappa shape index (κ1) is 19.3. The summed E-state index contributed by atoms with van der Waals surface area (Å²) in [5.74, 6) is 0.419. The number of aromatic nitrogens is 4. The molecule has 3 aromatic rings. The van der Waals surface area contributed by atoms with Gasteiger partial charge in [-0.05, 0) is 24.1 Å². The maximum absolute atomic E-state index is 13.6. The summed E-state index contributed by atoms with van der Waals surface area (Å²) in [6.07, 6.45) is 0.829. The van der Waals surface area contributed by atoms with Gasteiger partial charge < -0.3 is 4.90 Å². The molecule has 2 aromatic carbocycles. The topological polar surface area (TPSA) is 87.1 Å². The molecule has 2 atom stereocenters. The molecular weight excluding hydrogens is 388 g/mol. The van der Waals surface area contributed by atoms with Crippen LogP contribution in [0.15, 0.2) is 53.5 Å². The summed E-state index contributed by atoms with van der Waals surface area (Å²) < 4.78 is 0. The fourth-order valence-electron chi connectivity index (χ4n) is 3.45. The summed E-state index contributed by atoms with van der Waals surface area (Å²) in [7, 11) is 0. The highest BCUT2D eigenvalue weighted by atomic mass is 35.5. The summed E-state index contributed by atoms with van der Waals surface area (Å²) in [6, 6.07) is 14.9. The Kier molecular flexibility index (Phi) is 5.40. The standard InChI is InChI=1S/C21H21ClN6O/c1-3-13(2)19-21(29)28(12-18-24-26-27-25-18)17-10-9-15(22)11-16(17)20(23-19)14-7-5-4-6-8-14/h4-11,13,19H,3,12H2,1-2H3,(H,24,25,26,27)/t13-,19-/m0/s1. The summed E-state index contributed by atoms with van der Waals surface area (Å²) in [6.45, 7) is 4.31. The minimum atomic E-state index is -0.520. The molecule has 29 heavy (non-hydrogen) atoms. The fourth-order valence-corrected chi connectivity index (χ4v) is 3.62. The van der Waals surface area contributed by atoms with Crippen LogP contribution in [0.3, 0.4) is 0 Å². The van der Waals surface area contributed by atoms with E-state index in [9.17, 15) is 4.79 Å². The fraction of sp³-hybridized carbons (Fsp3) is 0.286. The van der Waals surface area contributed by atoms with Crippen molar-refractivity contribution in [1.29, 1.82) is 0 Å². The van der Waals surface area contributed by atoms with Gasteiger partial charge in [0.2, 0.25) is 0 Å². The molecule has 0 saturated heterocycles. The normalized spacial score (nSPS) is 17.5. The second-order valence-electron chi connectivity index (χ2n) is 7.09. The van der Waals surface area contributed by atoms with Crippen LogP contribution in [0.4, 0.5) is 5.69 Å². The zero-order valence-electron chi connectivity index (χ0n) is 16.2. The molecule has 1 aromatic heterocycles. The molecule has 148 valence electrons. The highest BCUT2D eigenvalue weighted by Gasteiger charge is 2.35. The molecule has 0 spiro atoms. The number of tetrazole rings is 1. The zero-order chi connectivity index (χ0) is 20.4. The Labute approximate surface area is 173 Å². The first-order valence-corrected chi connectivity index (χ1v) is 9.93. The lowest BCUT2D eigenvalue weighted by Crippen LogP contribution is -2.40. The third kappa shape index (κ3) is 3.78. The number of halogens is 1. The molecule has 1 amide bonds. The lowest BCUT2D eigenvalue weighted by Gasteiger charge is -2.26. The van der Waals surface area contributed by atoms with E-state index in [1.807, 2.05) is 49.4 Å². The number of benzodiazepines with no additional fused rings is 1. The van der Waals surface area contributed by atoms with Gasteiger partial charge in [-0.15, -0.1) is 10.2 Å². The van der Waals surface area contributed by atoms with Crippen LogP contribution in [0.25, 0.3) is 0 Å². The van der Waals surface area contributed by atoms with Crippen molar-refractivity contribution < 1.29 is 4.79 Å². The minimum Gasteiger partial charge on any atom is -0.302 e. The van der Waals surface area contributed by atoms with Crippen LogP contribution in [0.2, 0.25) is 5.02 Å². The van der Waals surface area contributed by atoms with E-state index in [1.54, 1.807) is 11.0 Å². The van der Waals surface area contributed by atoms with Gasteiger partial charge in [0, 0.05) is 16.1 Å². The number of aliphatic imine (C=N–C) groups is 1. The molecule has 1 aliphatic heterocycles. The molecule has 7 nitrogen and oxygen atoms in total. The third-order valence-electron chi connectivity index (χ3n) is 5.21. The summed E-state index contributed by atoms with van der Waals surface area (Å²) in [5.41, 5.74) is 3.25. The largest absolute Gasteiger partial charge is 0.302 e. The number of benzene rings is 2. The molecule has 1 N–H and O–H groups in total. The SMILES string of the molecule is CC[C@H](C)[C@@H]1N=C(c2ccccc2)c2cc(Cl)ccc2N(Cc2nn[nH]n2)C1=O. The monoisotopic (exact) mass is 408 g/mol. The van der Waals surface area contributed by atoms with Crippen molar-refractivity contribution >= 4 is 28.9 Å². The molecule has 4 rings (SSSR count). The first-order chi connectivity index (χ1) is 14.1. The van der Waals surface area contributed by atoms with E-state index < -0.39 is 6.04 Å². The van der Waals surface area contributed by atoms with Gasteiger partial charge in [-0.2, -0.15) is 5.21 Å². The van der Waals surface area contributed by atoms with Crippen LogP contribution in [0.5, 0.6) is 0 Å². The highest BCUT2D eigenvalue weighted by Crippen LogP contribution is 2.33. The number of amides is 1. The summed E-state index contributed by atoms with van der Waals surface area (Å²) >= 11 is 6.34. The van der Waals surface area contributed by atoms with Crippen molar-refractivity contribution in [2.45, 2.75) is 32.9 Å². The number of fused-ring (bicyclic) bond motifs is 1. The average Bonchev–Trinajstić information content (AvgIpc) is 3.22. The number of hydrogen-bond donors (Lipinski definition) is 1. The van der Waals surface area contributed by atoms with Crippen molar-refractivity contribution in [3.05, 3.63) is 70.5 Å². The Bertz CT molecular complexity index is 1030. The van der Waals surface area contributed by atoms with Gasteiger partial charge in [-0.25, -0.2) is 0 Å². The van der Waals surface area contributed by atoms with Crippen LogP contribution in [-0.2, 0) is 11.3 Å². The maximum atomic E-state index is 13.6. The smallest absolute Gasteiger partial charge is 0.252 e. The van der Waals surface area contributed by atoms with Crippen molar-refractivity contribution in [2.24, 2.45) is 10.9 Å². The van der Waals surface area contributed by atoms with E-state index in [0.29, 0.717) is 10.8 Å². The number of nitrogens with zero attached hydrogens (tertiary/aromatic N) is 5. The molecule has 0 radical (unpaired) electrons. The van der Waals surface area contributed by atoms with Crippen LogP contribution < -0.4 is 4.90 Å². The number of H-pyrrole nitrogens is 1. The number of nitrogens with one attached hydrogen (secondary N) is 1. The van der Waals surface area contributed by atoms with Gasteiger partial charge in [-0.3, -0.25) is 9.79 Å². The molecule has 0 bridgehead atoms.